The minimum Gasteiger partial charge on any atom is -0.131 e. The molecule has 1 rings (SSSR count). The number of aromatic nitrogens is 2. The van der Waals surface area contributed by atoms with Gasteiger partial charge in [0.05, 0.1) is 0 Å². The van der Waals surface area contributed by atoms with Gasteiger partial charge in [-0.25, -0.2) is 0 Å². The number of nitrogens with zero attached hydrogens (tertiary/aromatic N) is 2. The summed E-state index contributed by atoms with van der Waals surface area (Å²) in [7, 11) is 0. The van der Waals surface area contributed by atoms with Crippen LogP contribution in [0.3, 0.4) is 0 Å². The number of rotatable bonds is 4. The molecule has 0 amide bonds. The first-order chi connectivity index (χ1) is 5.72. The summed E-state index contributed by atoms with van der Waals surface area (Å²) in [6.07, 6.45) is 1.98. The third kappa shape index (κ3) is 3.35. The predicted molar refractivity (Wildman–Crippen MR) is 57.4 cm³/mol. The van der Waals surface area contributed by atoms with Gasteiger partial charge < -0.3 is 0 Å². The minimum atomic E-state index is 0.640. The highest BCUT2D eigenvalue weighted by molar-refractivity contribution is 8.03. The van der Waals surface area contributed by atoms with E-state index < -0.39 is 0 Å². The lowest BCUT2D eigenvalue weighted by atomic mass is 10.7. The number of thioether (sulfide) groups is 2. The van der Waals surface area contributed by atoms with Crippen LogP contribution in [0.4, 0.5) is 0 Å². The Bertz CT molecular complexity index is 274. The fraction of sp³-hybridized carbons (Fsp3) is 0.333. The van der Waals surface area contributed by atoms with Crippen LogP contribution in [-0.2, 0) is 0 Å². The first kappa shape index (κ1) is 10.4. The van der Waals surface area contributed by atoms with Crippen molar-refractivity contribution < 1.29 is 0 Å². The summed E-state index contributed by atoms with van der Waals surface area (Å²) < 4.78 is 1.93. The van der Waals surface area contributed by atoms with E-state index in [2.05, 4.69) is 16.8 Å². The predicted octanol–water partition coefficient (Wildman–Crippen LogP) is 3.10. The minimum absolute atomic E-state index is 0.640. The van der Waals surface area contributed by atoms with Gasteiger partial charge in [-0.3, -0.25) is 0 Å². The van der Waals surface area contributed by atoms with E-state index in [-0.39, 0.29) is 0 Å². The molecule has 0 saturated carbocycles. The normalized spacial score (nSPS) is 10.2. The second kappa shape index (κ2) is 5.11. The zero-order valence-electron chi connectivity index (χ0n) is 6.41. The molecule has 12 heavy (non-hydrogen) atoms. The Balaban J connectivity index is 2.47. The van der Waals surface area contributed by atoms with Gasteiger partial charge in [0.2, 0.25) is 0 Å². The van der Waals surface area contributed by atoms with Crippen LogP contribution in [0.1, 0.15) is 0 Å². The number of hydrogen-bond donors (Lipinski definition) is 0. The van der Waals surface area contributed by atoms with Crippen molar-refractivity contribution in [1.82, 2.24) is 10.2 Å². The molecular formula is C6H7ClN2S3. The van der Waals surface area contributed by atoms with E-state index in [0.717, 1.165) is 8.68 Å². The second-order valence-corrected chi connectivity index (χ2v) is 5.63. The van der Waals surface area contributed by atoms with Crippen molar-refractivity contribution in [2.24, 2.45) is 0 Å². The molecular weight excluding hydrogens is 232 g/mol. The summed E-state index contributed by atoms with van der Waals surface area (Å²) in [5.41, 5.74) is 0. The molecule has 0 aliphatic carbocycles. The van der Waals surface area contributed by atoms with Gasteiger partial charge in [0.15, 0.2) is 8.68 Å². The van der Waals surface area contributed by atoms with Crippen molar-refractivity contribution in [3.63, 3.8) is 0 Å². The molecule has 1 aromatic rings. The largest absolute Gasteiger partial charge is 0.175 e. The lowest BCUT2D eigenvalue weighted by Gasteiger charge is -1.90. The Hall–Kier alpha value is 0.290. The highest BCUT2D eigenvalue weighted by Crippen LogP contribution is 2.28. The van der Waals surface area contributed by atoms with Crippen molar-refractivity contribution in [2.75, 3.05) is 12.0 Å². The maximum atomic E-state index is 5.60. The molecule has 1 heterocycles. The number of halogens is 1. The Kier molecular flexibility index (Phi) is 4.42. The van der Waals surface area contributed by atoms with Crippen LogP contribution in [-0.4, -0.2) is 22.2 Å². The van der Waals surface area contributed by atoms with Gasteiger partial charge in [-0.15, -0.1) is 10.2 Å². The molecule has 1 aromatic heterocycles. The average molecular weight is 239 g/mol. The van der Waals surface area contributed by atoms with Crippen molar-refractivity contribution in [2.45, 2.75) is 8.68 Å². The molecule has 0 N–H and O–H groups in total. The van der Waals surface area contributed by atoms with Crippen LogP contribution in [0.2, 0.25) is 0 Å². The molecule has 0 radical (unpaired) electrons. The molecule has 0 aromatic carbocycles. The van der Waals surface area contributed by atoms with Crippen LogP contribution in [0.5, 0.6) is 0 Å². The van der Waals surface area contributed by atoms with Crippen LogP contribution < -0.4 is 0 Å². The van der Waals surface area contributed by atoms with Crippen molar-refractivity contribution >= 4 is 46.5 Å². The summed E-state index contributed by atoms with van der Waals surface area (Å²) in [6, 6.07) is 0. The van der Waals surface area contributed by atoms with Crippen LogP contribution in [0.15, 0.2) is 20.3 Å². The molecule has 0 fully saturated rings. The van der Waals surface area contributed by atoms with Gasteiger partial charge in [0.1, 0.15) is 0 Å². The van der Waals surface area contributed by atoms with Crippen LogP contribution >= 0.6 is 46.5 Å². The van der Waals surface area contributed by atoms with E-state index in [9.17, 15) is 0 Å². The van der Waals surface area contributed by atoms with E-state index in [1.54, 1.807) is 34.9 Å². The van der Waals surface area contributed by atoms with E-state index in [4.69, 9.17) is 11.6 Å². The summed E-state index contributed by atoms with van der Waals surface area (Å²) in [5, 5.41) is 8.56. The van der Waals surface area contributed by atoms with Gasteiger partial charge in [-0.1, -0.05) is 53.0 Å². The van der Waals surface area contributed by atoms with E-state index in [0.29, 0.717) is 10.8 Å². The molecule has 66 valence electrons. The molecule has 0 spiro atoms. The Labute approximate surface area is 88.8 Å². The molecule has 0 unspecified atom stereocenters. The SMILES string of the molecule is C=C(Cl)CSc1nnc(SC)s1. The van der Waals surface area contributed by atoms with E-state index in [1.807, 2.05) is 6.26 Å². The van der Waals surface area contributed by atoms with Crippen LogP contribution in [0, 0.1) is 0 Å². The van der Waals surface area contributed by atoms with E-state index >= 15 is 0 Å². The fourth-order valence-electron chi connectivity index (χ4n) is 0.478. The van der Waals surface area contributed by atoms with Crippen LogP contribution in [0.25, 0.3) is 0 Å². The van der Waals surface area contributed by atoms with Gasteiger partial charge in [0, 0.05) is 10.8 Å². The zero-order chi connectivity index (χ0) is 8.97. The monoisotopic (exact) mass is 238 g/mol. The third-order valence-electron chi connectivity index (χ3n) is 0.915. The van der Waals surface area contributed by atoms with Crippen molar-refractivity contribution in [3.8, 4) is 0 Å². The summed E-state index contributed by atoms with van der Waals surface area (Å²) in [6.45, 7) is 3.59. The molecule has 6 heteroatoms. The molecule has 0 aliphatic heterocycles. The lowest BCUT2D eigenvalue weighted by Crippen LogP contribution is -1.75. The molecule has 0 atom stereocenters. The van der Waals surface area contributed by atoms with Gasteiger partial charge in [-0.05, 0) is 6.26 Å². The van der Waals surface area contributed by atoms with Gasteiger partial charge in [-0.2, -0.15) is 0 Å². The second-order valence-electron chi connectivity index (χ2n) is 1.84. The molecule has 0 saturated heterocycles. The van der Waals surface area contributed by atoms with Gasteiger partial charge in [0.25, 0.3) is 0 Å². The Morgan fingerprint density at radius 1 is 1.58 bits per heavy atom. The smallest absolute Gasteiger partial charge is 0.131 e. The summed E-state index contributed by atoms with van der Waals surface area (Å²) >= 11 is 10.3. The van der Waals surface area contributed by atoms with E-state index in [1.165, 1.54) is 0 Å². The third-order valence-corrected chi connectivity index (χ3v) is 4.33. The van der Waals surface area contributed by atoms with Crippen molar-refractivity contribution in [3.05, 3.63) is 11.6 Å². The maximum absolute atomic E-state index is 5.60. The lowest BCUT2D eigenvalue weighted by molar-refractivity contribution is 0.956. The molecule has 0 bridgehead atoms. The quantitative estimate of drug-likeness (QED) is 0.753. The standard InChI is InChI=1S/C6H7ClN2S3/c1-4(7)3-11-6-9-8-5(10-2)12-6/h1,3H2,2H3. The zero-order valence-corrected chi connectivity index (χ0v) is 9.62. The summed E-state index contributed by atoms with van der Waals surface area (Å²) in [4.78, 5) is 0. The Morgan fingerprint density at radius 3 is 2.75 bits per heavy atom. The first-order valence-electron chi connectivity index (χ1n) is 3.06. The topological polar surface area (TPSA) is 25.8 Å². The average Bonchev–Trinajstić information content (AvgIpc) is 2.48. The molecule has 2 nitrogen and oxygen atoms in total. The highest BCUT2D eigenvalue weighted by atomic mass is 35.5. The van der Waals surface area contributed by atoms with Crippen molar-refractivity contribution in [1.29, 1.82) is 0 Å². The Morgan fingerprint density at radius 2 is 2.25 bits per heavy atom. The molecule has 0 aliphatic rings. The fourth-order valence-corrected chi connectivity index (χ4v) is 2.83. The number of hydrogen-bond acceptors (Lipinski definition) is 5. The highest BCUT2D eigenvalue weighted by Gasteiger charge is 2.03. The van der Waals surface area contributed by atoms with Gasteiger partial charge >= 0.3 is 0 Å². The maximum Gasteiger partial charge on any atom is 0.175 e. The first-order valence-corrected chi connectivity index (χ1v) is 6.46. The summed E-state index contributed by atoms with van der Waals surface area (Å²) in [5.74, 6) is 0.699.